The van der Waals surface area contributed by atoms with Crippen molar-refractivity contribution in [3.05, 3.63) is 78.7 Å². The van der Waals surface area contributed by atoms with E-state index in [2.05, 4.69) is 102 Å². The predicted molar refractivity (Wildman–Crippen MR) is 396 cm³/mol. The molecule has 4 aromatic heterocycles. The lowest BCUT2D eigenvalue weighted by Gasteiger charge is -2.29. The Morgan fingerprint density at radius 2 is 0.767 bits per heavy atom. The van der Waals surface area contributed by atoms with Gasteiger partial charge in [0.1, 0.15) is 0 Å². The summed E-state index contributed by atoms with van der Waals surface area (Å²) in [6.45, 7) is 19.5. The van der Waals surface area contributed by atoms with E-state index in [-0.39, 0.29) is 17.8 Å². The van der Waals surface area contributed by atoms with Crippen LogP contribution in [0.3, 0.4) is 0 Å². The highest BCUT2D eigenvalue weighted by molar-refractivity contribution is 7.30. The summed E-state index contributed by atoms with van der Waals surface area (Å²) in [5.74, 6) is 1.12. The van der Waals surface area contributed by atoms with Crippen LogP contribution in [0.5, 0.6) is 0 Å². The SMILES string of the molecule is CCCCCCCCCCCCC(CCCCCCCCCC)CN1C(=O)C2=C(c3ccc(C(C)C)s3)N(CC(CCCCCCCCCC)CCCCCCCCCCCC)C(=O)C2=C1c1ccc(-c2cc3cc(C(=O)OC)c4cc(C(C)C)sc4c3s2)s1. The van der Waals surface area contributed by atoms with Crippen LogP contribution >= 0.6 is 45.3 Å². The Kier molecular flexibility index (Phi) is 33.3. The van der Waals surface area contributed by atoms with Crippen molar-refractivity contribution in [3.63, 3.8) is 0 Å². The van der Waals surface area contributed by atoms with Gasteiger partial charge in [0.05, 0.1) is 54.4 Å². The zero-order valence-corrected chi connectivity index (χ0v) is 61.5. The number of benzene rings is 1. The predicted octanol–water partition coefficient (Wildman–Crippen LogP) is 26.7. The number of thiophene rings is 4. The van der Waals surface area contributed by atoms with Gasteiger partial charge < -0.3 is 14.5 Å². The van der Waals surface area contributed by atoms with Gasteiger partial charge in [-0.15, -0.1) is 45.3 Å². The second kappa shape index (κ2) is 40.6. The zero-order chi connectivity index (χ0) is 64.0. The Hall–Kier alpha value is -3.57. The molecule has 2 unspecified atom stereocenters. The number of carbonyl (C=O) groups is 3. The third-order valence-electron chi connectivity index (χ3n) is 19.7. The molecule has 0 N–H and O–H groups in total. The topological polar surface area (TPSA) is 66.9 Å². The van der Waals surface area contributed by atoms with Crippen LogP contribution in [0.15, 0.2) is 53.6 Å². The van der Waals surface area contributed by atoms with Crippen molar-refractivity contribution < 1.29 is 19.1 Å². The van der Waals surface area contributed by atoms with Gasteiger partial charge in [0.25, 0.3) is 11.8 Å². The van der Waals surface area contributed by atoms with Crippen molar-refractivity contribution in [2.24, 2.45) is 11.8 Å². The van der Waals surface area contributed by atoms with Crippen LogP contribution in [0.25, 0.3) is 41.3 Å². The second-order valence-corrected chi connectivity index (χ2v) is 32.3. The first kappa shape index (κ1) is 73.8. The minimum Gasteiger partial charge on any atom is -0.465 e. The highest BCUT2D eigenvalue weighted by Gasteiger charge is 2.50. The average Bonchev–Trinajstić information content (AvgIpc) is 1.59. The number of amides is 2. The molecule has 10 heteroatoms. The molecule has 90 heavy (non-hydrogen) atoms. The lowest BCUT2D eigenvalue weighted by molar-refractivity contribution is -0.124. The Morgan fingerprint density at radius 1 is 0.400 bits per heavy atom. The molecule has 6 heterocycles. The van der Waals surface area contributed by atoms with Crippen molar-refractivity contribution in [1.82, 2.24) is 9.80 Å². The van der Waals surface area contributed by atoms with Crippen molar-refractivity contribution in [2.45, 2.75) is 324 Å². The first-order valence-electron chi connectivity index (χ1n) is 37.4. The number of nitrogens with zero attached hydrogens (tertiary/aromatic N) is 2. The maximum absolute atomic E-state index is 16.3. The molecular formula is C80H122N2O4S4. The van der Waals surface area contributed by atoms with Gasteiger partial charge >= 0.3 is 5.97 Å². The fourth-order valence-corrected chi connectivity index (χ4v) is 18.9. The molecule has 0 saturated heterocycles. The number of methoxy groups -OCH3 is 1. The summed E-state index contributed by atoms with van der Waals surface area (Å²) in [5.41, 5.74) is 3.61. The summed E-state index contributed by atoms with van der Waals surface area (Å²) in [7, 11) is 1.47. The van der Waals surface area contributed by atoms with Crippen LogP contribution in [0.1, 0.15) is 354 Å². The fourth-order valence-electron chi connectivity index (χ4n) is 14.2. The molecule has 0 bridgehead atoms. The van der Waals surface area contributed by atoms with E-state index in [1.54, 1.807) is 45.3 Å². The van der Waals surface area contributed by atoms with Gasteiger partial charge in [0.2, 0.25) is 0 Å². The van der Waals surface area contributed by atoms with E-state index >= 15 is 9.59 Å². The third-order valence-corrected chi connectivity index (χ3v) is 25.2. The van der Waals surface area contributed by atoms with Gasteiger partial charge in [-0.1, -0.05) is 287 Å². The molecular weight excluding hydrogens is 1180 g/mol. The number of hydrogen-bond acceptors (Lipinski definition) is 8. The van der Waals surface area contributed by atoms with E-state index in [0.29, 0.717) is 53.5 Å². The van der Waals surface area contributed by atoms with E-state index in [0.717, 1.165) is 72.1 Å². The van der Waals surface area contributed by atoms with Crippen molar-refractivity contribution >= 4 is 94.7 Å². The van der Waals surface area contributed by atoms with Crippen LogP contribution in [0.2, 0.25) is 0 Å². The van der Waals surface area contributed by atoms with E-state index in [9.17, 15) is 4.79 Å². The molecule has 0 aliphatic carbocycles. The molecule has 7 rings (SSSR count). The number of unbranched alkanes of at least 4 members (excludes halogenated alkanes) is 32. The molecule has 2 aliphatic rings. The molecule has 500 valence electrons. The summed E-state index contributed by atoms with van der Waals surface area (Å²) in [6.07, 6.45) is 51.3. The number of esters is 1. The third kappa shape index (κ3) is 21.7. The number of ether oxygens (including phenoxy) is 1. The number of carbonyl (C=O) groups excluding carboxylic acids is 3. The molecule has 0 radical (unpaired) electrons. The Labute approximate surface area is 564 Å². The smallest absolute Gasteiger partial charge is 0.338 e. The van der Waals surface area contributed by atoms with E-state index in [1.807, 2.05) is 6.07 Å². The van der Waals surface area contributed by atoms with E-state index in [4.69, 9.17) is 4.74 Å². The van der Waals surface area contributed by atoms with Gasteiger partial charge in [-0.3, -0.25) is 9.59 Å². The molecule has 2 aliphatic heterocycles. The van der Waals surface area contributed by atoms with Crippen LogP contribution in [0.4, 0.5) is 0 Å². The molecule has 0 saturated carbocycles. The Morgan fingerprint density at radius 3 is 1.14 bits per heavy atom. The zero-order valence-electron chi connectivity index (χ0n) is 58.2. The molecule has 2 atom stereocenters. The van der Waals surface area contributed by atoms with Crippen molar-refractivity contribution in [2.75, 3.05) is 20.2 Å². The largest absolute Gasteiger partial charge is 0.465 e. The van der Waals surface area contributed by atoms with Crippen molar-refractivity contribution in [1.29, 1.82) is 0 Å². The quantitative estimate of drug-likeness (QED) is 0.0287. The molecule has 1 aromatic carbocycles. The summed E-state index contributed by atoms with van der Waals surface area (Å²) in [6, 6.07) is 15.4. The van der Waals surface area contributed by atoms with Gasteiger partial charge in [-0.2, -0.15) is 0 Å². The highest BCUT2D eigenvalue weighted by Crippen LogP contribution is 2.52. The van der Waals surface area contributed by atoms with Crippen LogP contribution in [-0.2, 0) is 14.3 Å². The van der Waals surface area contributed by atoms with Crippen molar-refractivity contribution in [3.8, 4) is 9.75 Å². The van der Waals surface area contributed by atoms with Crippen LogP contribution in [0, 0.1) is 11.8 Å². The first-order valence-corrected chi connectivity index (χ1v) is 40.6. The normalized spacial score (nSPS) is 14.4. The fraction of sp³-hybridized carbons (Fsp3) is 0.688. The molecule has 0 fully saturated rings. The molecule has 6 nitrogen and oxygen atoms in total. The molecule has 5 aromatic rings. The van der Waals surface area contributed by atoms with Gasteiger partial charge in [-0.25, -0.2) is 4.79 Å². The van der Waals surface area contributed by atoms with Gasteiger partial charge in [-0.05, 0) is 97.2 Å². The summed E-state index contributed by atoms with van der Waals surface area (Å²) in [5, 5.41) is 2.00. The van der Waals surface area contributed by atoms with Crippen LogP contribution in [-0.4, -0.2) is 47.8 Å². The summed E-state index contributed by atoms with van der Waals surface area (Å²) < 4.78 is 7.68. The highest BCUT2D eigenvalue weighted by atomic mass is 32.1. The van der Waals surface area contributed by atoms with E-state index < -0.39 is 0 Å². The molecule has 2 amide bonds. The number of rotatable bonds is 50. The number of hydrogen-bond donors (Lipinski definition) is 0. The Balaban J connectivity index is 1.26. The maximum atomic E-state index is 16.3. The molecule has 0 spiro atoms. The Bertz CT molecular complexity index is 2980. The lowest BCUT2D eigenvalue weighted by atomic mass is 9.93. The summed E-state index contributed by atoms with van der Waals surface area (Å²) >= 11 is 7.09. The minimum atomic E-state index is -0.311. The average molecular weight is 1300 g/mol. The monoisotopic (exact) mass is 1300 g/mol. The van der Waals surface area contributed by atoms with E-state index in [1.165, 1.54) is 253 Å². The van der Waals surface area contributed by atoms with Gasteiger partial charge in [0, 0.05) is 38.0 Å². The lowest BCUT2D eigenvalue weighted by Crippen LogP contribution is -2.34. The summed E-state index contributed by atoms with van der Waals surface area (Å²) in [4.78, 5) is 57.0. The standard InChI is InChI=1S/C80H122N2O4S4/c1-10-14-18-22-26-30-32-36-40-44-48-61(46-42-38-34-28-24-20-16-12-3)57-81-74(68-52-50-66(87-68)59(5)6)72-73(79(81)84)75(69-53-51-67(88-69)71-55-63-54-65(80(85)86-9)64-56-70(60(7)8)89-77(64)76(63)90-71)82(78(72)83)58-62(47-43-39-35-29-25-21-17-13-4)49-45-41-37-33-31-27-23-19-15-11-2/h50-56,59-62H,10-49,57-58H2,1-9H3. The van der Waals surface area contributed by atoms with Crippen LogP contribution < -0.4 is 0 Å². The van der Waals surface area contributed by atoms with Gasteiger partial charge in [0.15, 0.2) is 0 Å². The number of fused-ring (bicyclic) bond motifs is 4. The first-order chi connectivity index (χ1) is 43.9. The second-order valence-electron chi connectivity index (χ2n) is 28.0. The minimum absolute atomic E-state index is 0.0249. The maximum Gasteiger partial charge on any atom is 0.338 e.